The van der Waals surface area contributed by atoms with E-state index in [4.69, 9.17) is 9.47 Å². The summed E-state index contributed by atoms with van der Waals surface area (Å²) in [7, 11) is 0. The van der Waals surface area contributed by atoms with Gasteiger partial charge in [0.2, 0.25) is 0 Å². The minimum atomic E-state index is -0.385. The van der Waals surface area contributed by atoms with Crippen molar-refractivity contribution in [2.45, 2.75) is 13.8 Å². The van der Waals surface area contributed by atoms with E-state index in [1.807, 2.05) is 25.1 Å². The van der Waals surface area contributed by atoms with Crippen LogP contribution in [0.3, 0.4) is 0 Å². The second kappa shape index (κ2) is 7.70. The molecule has 0 spiro atoms. The Balaban J connectivity index is 1.75. The first-order valence-corrected chi connectivity index (χ1v) is 8.31. The van der Waals surface area contributed by atoms with Gasteiger partial charge in [0.25, 0.3) is 5.91 Å². The molecular formula is C21H19NO4. The van der Waals surface area contributed by atoms with Gasteiger partial charge in [-0.25, -0.2) is 4.79 Å². The van der Waals surface area contributed by atoms with E-state index in [1.54, 1.807) is 43.3 Å². The summed E-state index contributed by atoms with van der Waals surface area (Å²) in [5.41, 5.74) is 3.42. The largest absolute Gasteiger partial charge is 0.464 e. The number of nitrogens with one attached hydrogen (secondary N) is 1. The molecule has 0 saturated heterocycles. The van der Waals surface area contributed by atoms with Crippen LogP contribution in [0.25, 0.3) is 6.08 Å². The van der Waals surface area contributed by atoms with Crippen molar-refractivity contribution in [3.8, 4) is 5.75 Å². The zero-order valence-electron chi connectivity index (χ0n) is 14.6. The van der Waals surface area contributed by atoms with E-state index in [-0.39, 0.29) is 11.9 Å². The number of hydrogen-bond donors (Lipinski definition) is 1. The molecule has 3 rings (SSSR count). The molecule has 1 aliphatic rings. The van der Waals surface area contributed by atoms with Gasteiger partial charge in [-0.15, -0.1) is 0 Å². The van der Waals surface area contributed by atoms with Gasteiger partial charge < -0.3 is 14.8 Å². The summed E-state index contributed by atoms with van der Waals surface area (Å²) in [6.07, 6.45) is 4.90. The fourth-order valence-electron chi connectivity index (χ4n) is 2.51. The molecule has 1 heterocycles. The first kappa shape index (κ1) is 17.5. The number of fused-ring (bicyclic) bond motifs is 1. The van der Waals surface area contributed by atoms with Gasteiger partial charge in [0.05, 0.1) is 18.4 Å². The summed E-state index contributed by atoms with van der Waals surface area (Å²) in [6.45, 7) is 4.06. The van der Waals surface area contributed by atoms with Gasteiger partial charge >= 0.3 is 5.97 Å². The molecule has 0 radical (unpaired) electrons. The Morgan fingerprint density at radius 3 is 2.62 bits per heavy atom. The van der Waals surface area contributed by atoms with Crippen molar-refractivity contribution in [2.24, 2.45) is 0 Å². The minimum Gasteiger partial charge on any atom is -0.464 e. The van der Waals surface area contributed by atoms with Crippen LogP contribution in [0.5, 0.6) is 5.75 Å². The van der Waals surface area contributed by atoms with Gasteiger partial charge in [-0.3, -0.25) is 4.79 Å². The van der Waals surface area contributed by atoms with Crippen molar-refractivity contribution in [1.82, 2.24) is 0 Å². The second-order valence-electron chi connectivity index (χ2n) is 5.81. The van der Waals surface area contributed by atoms with E-state index in [2.05, 4.69) is 5.32 Å². The van der Waals surface area contributed by atoms with Crippen molar-refractivity contribution in [1.29, 1.82) is 0 Å². The lowest BCUT2D eigenvalue weighted by Crippen LogP contribution is -2.13. The van der Waals surface area contributed by atoms with Crippen molar-refractivity contribution in [2.75, 3.05) is 11.9 Å². The standard InChI is InChI=1S/C21H19NO4/c1-3-25-21(24)15-6-8-18(9-7-15)22-20(23)17-10-11-26-19-12-14(2)4-5-16(19)13-17/h4-13H,3H2,1-2H3,(H,22,23). The Morgan fingerprint density at radius 2 is 1.88 bits per heavy atom. The maximum atomic E-state index is 12.5. The summed E-state index contributed by atoms with van der Waals surface area (Å²) in [4.78, 5) is 24.2. The first-order chi connectivity index (χ1) is 12.6. The lowest BCUT2D eigenvalue weighted by atomic mass is 10.1. The van der Waals surface area contributed by atoms with E-state index in [9.17, 15) is 9.59 Å². The molecule has 1 aliphatic heterocycles. The summed E-state index contributed by atoms with van der Waals surface area (Å²) in [5.74, 6) is 0.0637. The van der Waals surface area contributed by atoms with Crippen LogP contribution in [0.15, 0.2) is 60.4 Å². The van der Waals surface area contributed by atoms with Crippen molar-refractivity contribution in [3.05, 3.63) is 77.1 Å². The number of amides is 1. The predicted octanol–water partition coefficient (Wildman–Crippen LogP) is 4.10. The number of benzene rings is 2. The molecule has 1 amide bonds. The second-order valence-corrected chi connectivity index (χ2v) is 5.81. The Kier molecular flexibility index (Phi) is 5.17. The lowest BCUT2D eigenvalue weighted by Gasteiger charge is -2.07. The Hall–Kier alpha value is -3.34. The summed E-state index contributed by atoms with van der Waals surface area (Å²) in [6, 6.07) is 12.4. The number of hydrogen-bond acceptors (Lipinski definition) is 4. The average Bonchev–Trinajstić information content (AvgIpc) is 2.84. The molecule has 2 aromatic rings. The molecular weight excluding hydrogens is 330 g/mol. The highest BCUT2D eigenvalue weighted by molar-refractivity contribution is 6.09. The lowest BCUT2D eigenvalue weighted by molar-refractivity contribution is -0.112. The molecule has 5 nitrogen and oxygen atoms in total. The van der Waals surface area contributed by atoms with E-state index in [1.165, 1.54) is 6.26 Å². The molecule has 0 unspecified atom stereocenters. The average molecular weight is 349 g/mol. The smallest absolute Gasteiger partial charge is 0.338 e. The first-order valence-electron chi connectivity index (χ1n) is 8.31. The van der Waals surface area contributed by atoms with Gasteiger partial charge in [-0.1, -0.05) is 12.1 Å². The van der Waals surface area contributed by atoms with Gasteiger partial charge in [0, 0.05) is 16.8 Å². The number of esters is 1. The minimum absolute atomic E-state index is 0.262. The maximum absolute atomic E-state index is 12.5. The number of carbonyl (C=O) groups is 2. The van der Waals surface area contributed by atoms with Crippen LogP contribution in [0.4, 0.5) is 5.69 Å². The fourth-order valence-corrected chi connectivity index (χ4v) is 2.51. The van der Waals surface area contributed by atoms with Gasteiger partial charge in [0.1, 0.15) is 5.75 Å². The maximum Gasteiger partial charge on any atom is 0.338 e. The van der Waals surface area contributed by atoms with Gasteiger partial charge in [-0.05, 0) is 61.9 Å². The monoisotopic (exact) mass is 349 g/mol. The topological polar surface area (TPSA) is 64.6 Å². The SMILES string of the molecule is CCOC(=O)c1ccc(NC(=O)C2=Cc3ccc(C)cc3OC=C2)cc1. The van der Waals surface area contributed by atoms with Gasteiger partial charge in [0.15, 0.2) is 0 Å². The number of aryl methyl sites for hydroxylation is 1. The third-order valence-electron chi connectivity index (χ3n) is 3.84. The molecule has 26 heavy (non-hydrogen) atoms. The molecule has 5 heteroatoms. The molecule has 0 fully saturated rings. The molecule has 0 aliphatic carbocycles. The normalized spacial score (nSPS) is 12.3. The van der Waals surface area contributed by atoms with Gasteiger partial charge in [-0.2, -0.15) is 0 Å². The Bertz CT molecular complexity index is 895. The molecule has 132 valence electrons. The summed E-state index contributed by atoms with van der Waals surface area (Å²) in [5, 5.41) is 2.81. The van der Waals surface area contributed by atoms with Crippen LogP contribution < -0.4 is 10.1 Å². The third kappa shape index (κ3) is 4.00. The number of ether oxygens (including phenoxy) is 2. The Labute approximate surface area is 151 Å². The highest BCUT2D eigenvalue weighted by Crippen LogP contribution is 2.26. The van der Waals surface area contributed by atoms with Crippen molar-refractivity contribution < 1.29 is 19.1 Å². The van der Waals surface area contributed by atoms with Crippen LogP contribution >= 0.6 is 0 Å². The number of carbonyl (C=O) groups excluding carboxylic acids is 2. The van der Waals surface area contributed by atoms with Crippen LogP contribution in [0, 0.1) is 6.92 Å². The van der Waals surface area contributed by atoms with Crippen LogP contribution in [-0.2, 0) is 9.53 Å². The van der Waals surface area contributed by atoms with E-state index >= 15 is 0 Å². The van der Waals surface area contributed by atoms with E-state index in [0.29, 0.717) is 29.2 Å². The zero-order valence-corrected chi connectivity index (χ0v) is 14.6. The highest BCUT2D eigenvalue weighted by atomic mass is 16.5. The molecule has 0 bridgehead atoms. The number of anilines is 1. The molecule has 0 aromatic heterocycles. The number of rotatable bonds is 4. The summed E-state index contributed by atoms with van der Waals surface area (Å²) < 4.78 is 10.5. The van der Waals surface area contributed by atoms with Crippen molar-refractivity contribution in [3.63, 3.8) is 0 Å². The van der Waals surface area contributed by atoms with Crippen LogP contribution in [0.1, 0.15) is 28.4 Å². The summed E-state index contributed by atoms with van der Waals surface area (Å²) >= 11 is 0. The molecule has 2 aromatic carbocycles. The third-order valence-corrected chi connectivity index (χ3v) is 3.84. The van der Waals surface area contributed by atoms with Crippen LogP contribution in [0.2, 0.25) is 0 Å². The molecule has 0 atom stereocenters. The highest BCUT2D eigenvalue weighted by Gasteiger charge is 2.13. The molecule has 0 saturated carbocycles. The predicted molar refractivity (Wildman–Crippen MR) is 100.0 cm³/mol. The fraction of sp³-hybridized carbons (Fsp3) is 0.143. The Morgan fingerprint density at radius 1 is 1.12 bits per heavy atom. The van der Waals surface area contributed by atoms with Crippen molar-refractivity contribution >= 4 is 23.6 Å². The zero-order chi connectivity index (χ0) is 18.5. The quantitative estimate of drug-likeness (QED) is 0.844. The van der Waals surface area contributed by atoms with Crippen LogP contribution in [-0.4, -0.2) is 18.5 Å². The molecule has 1 N–H and O–H groups in total. The van der Waals surface area contributed by atoms with E-state index in [0.717, 1.165) is 11.1 Å². The van der Waals surface area contributed by atoms with E-state index < -0.39 is 0 Å².